The third-order valence-corrected chi connectivity index (χ3v) is 4.62. The molecule has 0 saturated carbocycles. The van der Waals surface area contributed by atoms with Gasteiger partial charge in [-0.1, -0.05) is 24.3 Å². The smallest absolute Gasteiger partial charge is 0.308 e. The molecule has 0 bridgehead atoms. The van der Waals surface area contributed by atoms with Crippen LogP contribution in [0.5, 0.6) is 11.5 Å². The summed E-state index contributed by atoms with van der Waals surface area (Å²) in [6.07, 6.45) is 3.11. The number of ether oxygens (including phenoxy) is 2. The first-order chi connectivity index (χ1) is 15.2. The number of hydrogen-bond acceptors (Lipinski definition) is 6. The summed E-state index contributed by atoms with van der Waals surface area (Å²) >= 11 is 0. The molecule has 0 aliphatic rings. The number of benzene rings is 2. The van der Waals surface area contributed by atoms with Gasteiger partial charge in [0.1, 0.15) is 22.2 Å². The zero-order valence-corrected chi connectivity index (χ0v) is 18.1. The minimum atomic E-state index is -0.455. The molecule has 1 heterocycles. The molecule has 0 unspecified atom stereocenters. The molecule has 0 atom stereocenters. The molecule has 164 valence electrons. The molecule has 0 amide bonds. The third-order valence-electron chi connectivity index (χ3n) is 4.62. The summed E-state index contributed by atoms with van der Waals surface area (Å²) in [4.78, 5) is 48.4. The summed E-state index contributed by atoms with van der Waals surface area (Å²) in [5, 5.41) is 0.339. The molecular formula is C24H22N2O6. The lowest BCUT2D eigenvalue weighted by molar-refractivity contribution is -0.132. The summed E-state index contributed by atoms with van der Waals surface area (Å²) in [6.45, 7) is 2.60. The second-order valence-electron chi connectivity index (χ2n) is 7.12. The van der Waals surface area contributed by atoms with Gasteiger partial charge in [-0.15, -0.1) is 0 Å². The van der Waals surface area contributed by atoms with Gasteiger partial charge in [0.05, 0.1) is 0 Å². The summed E-state index contributed by atoms with van der Waals surface area (Å²) in [5.41, 5.74) is 0.433. The molecular weight excluding hydrogens is 412 g/mol. The van der Waals surface area contributed by atoms with Crippen molar-refractivity contribution in [3.8, 4) is 11.5 Å². The Balaban J connectivity index is 2.16. The minimum absolute atomic E-state index is 0.170. The fraction of sp³-hybridized carbons (Fsp3) is 0.167. The van der Waals surface area contributed by atoms with Crippen molar-refractivity contribution < 1.29 is 19.1 Å². The van der Waals surface area contributed by atoms with E-state index in [9.17, 15) is 19.2 Å². The minimum Gasteiger partial charge on any atom is -0.427 e. The number of aromatic nitrogens is 2. The largest absolute Gasteiger partial charge is 0.427 e. The van der Waals surface area contributed by atoms with Crippen LogP contribution >= 0.6 is 0 Å². The molecule has 8 heteroatoms. The maximum atomic E-state index is 13.0. The van der Waals surface area contributed by atoms with Crippen LogP contribution in [0.15, 0.2) is 58.1 Å². The van der Waals surface area contributed by atoms with E-state index >= 15 is 0 Å². The van der Waals surface area contributed by atoms with Gasteiger partial charge in [-0.3, -0.25) is 19.2 Å². The van der Waals surface area contributed by atoms with Crippen LogP contribution in [0.25, 0.3) is 12.2 Å². The predicted molar refractivity (Wildman–Crippen MR) is 119 cm³/mol. The monoisotopic (exact) mass is 434 g/mol. The average Bonchev–Trinajstić information content (AvgIpc) is 2.72. The fourth-order valence-electron chi connectivity index (χ4n) is 3.15. The normalized spacial score (nSPS) is 12.0. The van der Waals surface area contributed by atoms with Crippen molar-refractivity contribution in [1.29, 1.82) is 0 Å². The molecule has 3 aromatic rings. The van der Waals surface area contributed by atoms with Gasteiger partial charge < -0.3 is 18.6 Å². The highest BCUT2D eigenvalue weighted by Crippen LogP contribution is 2.14. The molecule has 0 spiro atoms. The van der Waals surface area contributed by atoms with Crippen molar-refractivity contribution in [2.24, 2.45) is 14.1 Å². The van der Waals surface area contributed by atoms with E-state index in [4.69, 9.17) is 9.47 Å². The van der Waals surface area contributed by atoms with Crippen molar-refractivity contribution in [2.75, 3.05) is 0 Å². The summed E-state index contributed by atoms with van der Waals surface area (Å²) in [6, 6.07) is 13.3. The lowest BCUT2D eigenvalue weighted by atomic mass is 10.2. The van der Waals surface area contributed by atoms with Crippen molar-refractivity contribution in [3.63, 3.8) is 0 Å². The highest BCUT2D eigenvalue weighted by Gasteiger charge is 2.07. The Morgan fingerprint density at radius 2 is 1.09 bits per heavy atom. The molecule has 0 aliphatic heterocycles. The summed E-state index contributed by atoms with van der Waals surface area (Å²) < 4.78 is 12.7. The van der Waals surface area contributed by atoms with E-state index in [2.05, 4.69) is 0 Å². The van der Waals surface area contributed by atoms with Crippen LogP contribution in [0.1, 0.15) is 25.0 Å². The maximum Gasteiger partial charge on any atom is 0.308 e. The summed E-state index contributed by atoms with van der Waals surface area (Å²) in [7, 11) is 3.02. The van der Waals surface area contributed by atoms with Crippen LogP contribution in [0, 0.1) is 0 Å². The van der Waals surface area contributed by atoms with Crippen molar-refractivity contribution >= 4 is 24.1 Å². The molecule has 0 saturated heterocycles. The van der Waals surface area contributed by atoms with E-state index in [1.807, 2.05) is 0 Å². The molecule has 0 N–H and O–H groups in total. The molecule has 3 rings (SSSR count). The average molecular weight is 434 g/mol. The topological polar surface area (TPSA) is 96.6 Å². The quantitative estimate of drug-likeness (QED) is 0.441. The van der Waals surface area contributed by atoms with Crippen molar-refractivity contribution in [1.82, 2.24) is 9.13 Å². The zero-order chi connectivity index (χ0) is 23.4. The van der Waals surface area contributed by atoms with Gasteiger partial charge in [-0.2, -0.15) is 0 Å². The van der Waals surface area contributed by atoms with Crippen LogP contribution in [-0.2, 0) is 23.7 Å². The second kappa shape index (κ2) is 9.30. The first-order valence-electron chi connectivity index (χ1n) is 9.72. The number of rotatable bonds is 4. The highest BCUT2D eigenvalue weighted by molar-refractivity contribution is 5.70. The maximum absolute atomic E-state index is 13.0. The molecule has 8 nitrogen and oxygen atoms in total. The Hall–Kier alpha value is -4.20. The van der Waals surface area contributed by atoms with Crippen LogP contribution in [-0.4, -0.2) is 21.1 Å². The number of hydrogen-bond donors (Lipinski definition) is 0. The Bertz CT molecular complexity index is 1340. The van der Waals surface area contributed by atoms with Gasteiger partial charge in [0.15, 0.2) is 0 Å². The Labute approximate surface area is 183 Å². The van der Waals surface area contributed by atoms with Gasteiger partial charge in [-0.05, 0) is 47.5 Å². The van der Waals surface area contributed by atoms with E-state index in [1.165, 1.54) is 37.1 Å². The highest BCUT2D eigenvalue weighted by atomic mass is 16.5. The van der Waals surface area contributed by atoms with E-state index in [1.54, 1.807) is 60.7 Å². The van der Waals surface area contributed by atoms with Crippen molar-refractivity contribution in [2.45, 2.75) is 13.8 Å². The van der Waals surface area contributed by atoms with Gasteiger partial charge in [0.2, 0.25) is 0 Å². The lowest BCUT2D eigenvalue weighted by Gasteiger charge is -2.06. The Kier molecular flexibility index (Phi) is 6.53. The number of carbonyl (C=O) groups excluding carboxylic acids is 2. The third kappa shape index (κ3) is 5.10. The van der Waals surface area contributed by atoms with E-state index in [0.29, 0.717) is 22.6 Å². The Morgan fingerprint density at radius 1 is 0.719 bits per heavy atom. The molecule has 0 radical (unpaired) electrons. The van der Waals surface area contributed by atoms with Gasteiger partial charge >= 0.3 is 11.9 Å². The first kappa shape index (κ1) is 22.5. The predicted octanol–water partition coefficient (Wildman–Crippen LogP) is 0.592. The molecule has 1 aromatic heterocycles. The van der Waals surface area contributed by atoms with Gasteiger partial charge in [0.25, 0.3) is 11.1 Å². The van der Waals surface area contributed by atoms with Crippen LogP contribution in [0.4, 0.5) is 0 Å². The SMILES string of the molecule is CC(=O)Oc1cccc(/C=c2/c(=O)n(C)/c(=C\c3cccc(OC(C)=O)c3)c(=O)n2C)c1. The number of nitrogens with zero attached hydrogens (tertiary/aromatic N) is 2. The number of carbonyl (C=O) groups is 2. The number of esters is 2. The van der Waals surface area contributed by atoms with Crippen LogP contribution in [0.3, 0.4) is 0 Å². The van der Waals surface area contributed by atoms with Gasteiger partial charge in [-0.25, -0.2) is 0 Å². The van der Waals surface area contributed by atoms with E-state index in [0.717, 1.165) is 0 Å². The zero-order valence-electron chi connectivity index (χ0n) is 18.1. The molecule has 0 fully saturated rings. The van der Waals surface area contributed by atoms with Crippen LogP contribution in [0.2, 0.25) is 0 Å². The standard InChI is InChI=1S/C24H22N2O6/c1-15(27)31-19-9-5-7-17(11-19)13-21-23(29)26(4)22(24(30)25(21)3)14-18-8-6-10-20(12-18)32-16(2)28/h5-14H,1-4H3/b21-13-,22-14-. The fourth-order valence-corrected chi connectivity index (χ4v) is 3.15. The second-order valence-corrected chi connectivity index (χ2v) is 7.12. The summed E-state index contributed by atoms with van der Waals surface area (Å²) in [5.74, 6) is -0.234. The van der Waals surface area contributed by atoms with E-state index < -0.39 is 11.9 Å². The van der Waals surface area contributed by atoms with Gasteiger partial charge in [0, 0.05) is 27.9 Å². The molecule has 0 aliphatic carbocycles. The molecule has 2 aromatic carbocycles. The first-order valence-corrected chi connectivity index (χ1v) is 9.72. The van der Waals surface area contributed by atoms with Crippen molar-refractivity contribution in [3.05, 3.63) is 91.1 Å². The molecule has 32 heavy (non-hydrogen) atoms. The van der Waals surface area contributed by atoms with E-state index in [-0.39, 0.29) is 21.8 Å². The van der Waals surface area contributed by atoms with Crippen LogP contribution < -0.4 is 31.3 Å². The lowest BCUT2D eigenvalue weighted by Crippen LogP contribution is -2.56. The Morgan fingerprint density at radius 3 is 1.44 bits per heavy atom.